The van der Waals surface area contributed by atoms with E-state index in [-0.39, 0.29) is 34.1 Å². The molecule has 3 N–H and O–H groups in total. The van der Waals surface area contributed by atoms with E-state index in [4.69, 9.17) is 4.42 Å². The number of rotatable bonds is 2. The highest BCUT2D eigenvalue weighted by Crippen LogP contribution is 2.31. The summed E-state index contributed by atoms with van der Waals surface area (Å²) in [5.41, 5.74) is -1.12. The van der Waals surface area contributed by atoms with Gasteiger partial charge in [-0.15, -0.1) is 0 Å². The number of hydrogen-bond donors (Lipinski definition) is 3. The van der Waals surface area contributed by atoms with Gasteiger partial charge in [0.2, 0.25) is 5.91 Å². The summed E-state index contributed by atoms with van der Waals surface area (Å²) in [6, 6.07) is 3.95. The molecule has 0 radical (unpaired) electrons. The Balaban J connectivity index is 2.60. The Kier molecular flexibility index (Phi) is 3.16. The van der Waals surface area contributed by atoms with Crippen molar-refractivity contribution in [2.24, 2.45) is 5.92 Å². The minimum atomic E-state index is -0.871. The molecule has 0 aliphatic heterocycles. The zero-order valence-electron chi connectivity index (χ0n) is 10.4. The summed E-state index contributed by atoms with van der Waals surface area (Å²) in [5, 5.41) is 21.8. The Morgan fingerprint density at radius 3 is 2.63 bits per heavy atom. The van der Waals surface area contributed by atoms with Gasteiger partial charge in [0.15, 0.2) is 11.4 Å². The van der Waals surface area contributed by atoms with E-state index in [0.717, 1.165) is 0 Å². The molecule has 100 valence electrons. The van der Waals surface area contributed by atoms with Gasteiger partial charge >= 0.3 is 5.63 Å². The van der Waals surface area contributed by atoms with Crippen molar-refractivity contribution in [3.05, 3.63) is 28.6 Å². The number of phenols is 1. The van der Waals surface area contributed by atoms with Crippen LogP contribution in [0, 0.1) is 5.92 Å². The predicted molar refractivity (Wildman–Crippen MR) is 69.3 cm³/mol. The van der Waals surface area contributed by atoms with E-state index in [1.165, 1.54) is 18.2 Å². The largest absolute Gasteiger partial charge is 0.508 e. The maximum Gasteiger partial charge on any atom is 0.364 e. The third-order valence-corrected chi connectivity index (χ3v) is 2.64. The van der Waals surface area contributed by atoms with E-state index >= 15 is 0 Å². The Bertz CT molecular complexity index is 702. The number of carbonyl (C=O) groups excluding carboxylic acids is 1. The molecule has 0 fully saturated rings. The molecular formula is C13H13NO5. The predicted octanol–water partition coefficient (Wildman–Crippen LogP) is 1.80. The summed E-state index contributed by atoms with van der Waals surface area (Å²) in [4.78, 5) is 23.3. The summed E-state index contributed by atoms with van der Waals surface area (Å²) >= 11 is 0. The highest BCUT2D eigenvalue weighted by Gasteiger charge is 2.17. The first-order valence-corrected chi connectivity index (χ1v) is 5.70. The molecule has 0 unspecified atom stereocenters. The third kappa shape index (κ3) is 2.37. The molecule has 0 aliphatic carbocycles. The van der Waals surface area contributed by atoms with Crippen LogP contribution in [0.15, 0.2) is 27.4 Å². The fourth-order valence-corrected chi connectivity index (χ4v) is 1.55. The topological polar surface area (TPSA) is 99.8 Å². The summed E-state index contributed by atoms with van der Waals surface area (Å²) in [5.74, 6) is -1.20. The van der Waals surface area contributed by atoms with Gasteiger partial charge in [-0.25, -0.2) is 4.79 Å². The molecule has 0 spiro atoms. The highest BCUT2D eigenvalue weighted by molar-refractivity contribution is 5.97. The molecule has 6 nitrogen and oxygen atoms in total. The molecule has 0 aliphatic rings. The van der Waals surface area contributed by atoms with Crippen molar-refractivity contribution in [2.75, 3.05) is 5.32 Å². The van der Waals surface area contributed by atoms with E-state index in [0.29, 0.717) is 0 Å². The van der Waals surface area contributed by atoms with Gasteiger partial charge in [0.25, 0.3) is 0 Å². The summed E-state index contributed by atoms with van der Waals surface area (Å²) in [7, 11) is 0. The lowest BCUT2D eigenvalue weighted by Crippen LogP contribution is -2.22. The smallest absolute Gasteiger partial charge is 0.364 e. The Morgan fingerprint density at radius 2 is 2.00 bits per heavy atom. The van der Waals surface area contributed by atoms with Crippen molar-refractivity contribution in [1.29, 1.82) is 0 Å². The van der Waals surface area contributed by atoms with Crippen molar-refractivity contribution >= 4 is 22.6 Å². The molecule has 0 atom stereocenters. The average Bonchev–Trinajstić information content (AvgIpc) is 2.33. The van der Waals surface area contributed by atoms with Crippen molar-refractivity contribution in [3.63, 3.8) is 0 Å². The van der Waals surface area contributed by atoms with Gasteiger partial charge < -0.3 is 19.9 Å². The first kappa shape index (κ1) is 12.9. The maximum atomic E-state index is 11.7. The van der Waals surface area contributed by atoms with Crippen LogP contribution >= 0.6 is 0 Å². The minimum absolute atomic E-state index is 0.0463. The number of amides is 1. The zero-order valence-corrected chi connectivity index (χ0v) is 10.4. The van der Waals surface area contributed by atoms with Crippen LogP contribution in [0.3, 0.4) is 0 Å². The lowest BCUT2D eigenvalue weighted by Gasteiger charge is -2.09. The van der Waals surface area contributed by atoms with Gasteiger partial charge in [0.1, 0.15) is 11.3 Å². The van der Waals surface area contributed by atoms with Gasteiger partial charge in [-0.05, 0) is 12.1 Å². The number of phenolic OH excluding ortho intramolecular Hbond substituents is 1. The van der Waals surface area contributed by atoms with Crippen LogP contribution in [0.4, 0.5) is 5.69 Å². The van der Waals surface area contributed by atoms with E-state index in [1.54, 1.807) is 13.8 Å². The van der Waals surface area contributed by atoms with Gasteiger partial charge in [-0.3, -0.25) is 4.79 Å². The Hall–Kier alpha value is -2.50. The van der Waals surface area contributed by atoms with Crippen molar-refractivity contribution in [3.8, 4) is 11.5 Å². The van der Waals surface area contributed by atoms with Crippen LogP contribution in [0.1, 0.15) is 13.8 Å². The van der Waals surface area contributed by atoms with Gasteiger partial charge in [0.05, 0.1) is 5.39 Å². The van der Waals surface area contributed by atoms with Crippen LogP contribution in [0.5, 0.6) is 11.5 Å². The molecule has 1 heterocycles. The number of hydrogen-bond acceptors (Lipinski definition) is 5. The number of nitrogens with one attached hydrogen (secondary N) is 1. The quantitative estimate of drug-likeness (QED) is 0.717. The monoisotopic (exact) mass is 263 g/mol. The molecule has 2 rings (SSSR count). The maximum absolute atomic E-state index is 11.7. The number of aromatic hydroxyl groups is 2. The summed E-state index contributed by atoms with van der Waals surface area (Å²) in [6.07, 6.45) is 0. The SMILES string of the molecule is CC(C)C(=O)Nc1c(O)c2ccc(O)cc2oc1=O. The van der Waals surface area contributed by atoms with Gasteiger partial charge in [0, 0.05) is 12.0 Å². The normalized spacial score (nSPS) is 10.9. The van der Waals surface area contributed by atoms with Gasteiger partial charge in [-0.1, -0.05) is 13.8 Å². The highest BCUT2D eigenvalue weighted by atomic mass is 16.4. The van der Waals surface area contributed by atoms with Crippen molar-refractivity contribution in [2.45, 2.75) is 13.8 Å². The van der Waals surface area contributed by atoms with Gasteiger partial charge in [-0.2, -0.15) is 0 Å². The van der Waals surface area contributed by atoms with E-state index in [1.807, 2.05) is 0 Å². The number of benzene rings is 1. The van der Waals surface area contributed by atoms with Crippen molar-refractivity contribution in [1.82, 2.24) is 0 Å². The van der Waals surface area contributed by atoms with E-state index in [2.05, 4.69) is 5.32 Å². The first-order valence-electron chi connectivity index (χ1n) is 5.70. The second-order valence-electron chi connectivity index (χ2n) is 4.44. The molecule has 1 amide bonds. The van der Waals surface area contributed by atoms with Crippen molar-refractivity contribution < 1.29 is 19.4 Å². The zero-order chi connectivity index (χ0) is 14.2. The fourth-order valence-electron chi connectivity index (χ4n) is 1.55. The summed E-state index contributed by atoms with van der Waals surface area (Å²) in [6.45, 7) is 3.32. The molecule has 0 bridgehead atoms. The fraction of sp³-hybridized carbons (Fsp3) is 0.231. The second kappa shape index (κ2) is 4.64. The summed E-state index contributed by atoms with van der Waals surface area (Å²) < 4.78 is 4.94. The molecule has 1 aromatic carbocycles. The molecule has 0 saturated heterocycles. The second-order valence-corrected chi connectivity index (χ2v) is 4.44. The Labute approximate surface area is 108 Å². The van der Waals surface area contributed by atoms with Crippen LogP contribution < -0.4 is 10.9 Å². The molecule has 0 saturated carbocycles. The lowest BCUT2D eigenvalue weighted by atomic mass is 10.1. The Morgan fingerprint density at radius 1 is 1.32 bits per heavy atom. The standard InChI is InChI=1S/C13H13NO5/c1-6(2)12(17)14-10-11(16)8-4-3-7(15)5-9(8)19-13(10)18/h3-6,15-16H,1-2H3,(H,14,17). The van der Waals surface area contributed by atoms with Crippen LogP contribution in [0.2, 0.25) is 0 Å². The molecule has 6 heteroatoms. The van der Waals surface area contributed by atoms with Crippen LogP contribution in [-0.4, -0.2) is 16.1 Å². The third-order valence-electron chi connectivity index (χ3n) is 2.64. The number of carbonyl (C=O) groups is 1. The van der Waals surface area contributed by atoms with Crippen LogP contribution in [0.25, 0.3) is 11.0 Å². The number of fused-ring (bicyclic) bond motifs is 1. The molecule has 1 aromatic heterocycles. The average molecular weight is 263 g/mol. The lowest BCUT2D eigenvalue weighted by molar-refractivity contribution is -0.118. The van der Waals surface area contributed by atoms with E-state index in [9.17, 15) is 19.8 Å². The van der Waals surface area contributed by atoms with E-state index < -0.39 is 11.5 Å². The number of anilines is 1. The van der Waals surface area contributed by atoms with Crippen LogP contribution in [-0.2, 0) is 4.79 Å². The molecule has 2 aromatic rings. The molecule has 19 heavy (non-hydrogen) atoms. The minimum Gasteiger partial charge on any atom is -0.508 e. The first-order chi connectivity index (χ1) is 8.90. The molecular weight excluding hydrogens is 250 g/mol.